The van der Waals surface area contributed by atoms with Crippen molar-refractivity contribution in [3.63, 3.8) is 0 Å². The van der Waals surface area contributed by atoms with Gasteiger partial charge in [0.15, 0.2) is 0 Å². The van der Waals surface area contributed by atoms with Crippen molar-refractivity contribution in [3.8, 4) is 0 Å². The molecule has 2 aliphatic rings. The lowest BCUT2D eigenvalue weighted by Gasteiger charge is -2.42. The molecule has 1 aromatic carbocycles. The first-order valence-electron chi connectivity index (χ1n) is 8.69. The zero-order chi connectivity index (χ0) is 18.3. The number of carbonyl (C=O) groups excluding carboxylic acids is 1. The van der Waals surface area contributed by atoms with Gasteiger partial charge in [-0.1, -0.05) is 29.8 Å². The zero-order valence-electron chi connectivity index (χ0n) is 14.0. The molecule has 5 nitrogen and oxygen atoms in total. The Labute approximate surface area is 155 Å². The molecule has 1 amide bonds. The summed E-state index contributed by atoms with van der Waals surface area (Å²) in [5.41, 5.74) is 1.03. The monoisotopic (exact) mass is 375 g/mol. The number of benzene rings is 1. The number of amides is 1. The van der Waals surface area contributed by atoms with Gasteiger partial charge in [-0.05, 0) is 18.6 Å². The molecular formula is C19H19ClFN3O2. The molecule has 7 heteroatoms. The van der Waals surface area contributed by atoms with Crippen LogP contribution in [0.4, 0.5) is 4.39 Å². The van der Waals surface area contributed by atoms with E-state index in [4.69, 9.17) is 11.6 Å². The van der Waals surface area contributed by atoms with Crippen LogP contribution in [0.15, 0.2) is 41.2 Å². The number of carbonyl (C=O) groups is 1. The molecule has 2 aromatic rings. The molecule has 1 fully saturated rings. The largest absolute Gasteiger partial charge is 0.350 e. The van der Waals surface area contributed by atoms with Crippen molar-refractivity contribution < 1.29 is 9.18 Å². The lowest BCUT2D eigenvalue weighted by molar-refractivity contribution is -0.127. The van der Waals surface area contributed by atoms with E-state index in [-0.39, 0.29) is 34.9 Å². The van der Waals surface area contributed by atoms with Crippen molar-refractivity contribution in [1.82, 2.24) is 15.2 Å². The number of nitrogens with one attached hydrogen (secondary N) is 2. The molecular weight excluding hydrogens is 357 g/mol. The second kappa shape index (κ2) is 6.85. The van der Waals surface area contributed by atoms with Gasteiger partial charge >= 0.3 is 0 Å². The molecule has 4 rings (SSSR count). The molecule has 136 valence electrons. The summed E-state index contributed by atoms with van der Waals surface area (Å²) in [5.74, 6) is -0.538. The Balaban J connectivity index is 1.62. The molecule has 0 radical (unpaired) electrons. The van der Waals surface area contributed by atoms with Crippen molar-refractivity contribution >= 4 is 17.5 Å². The van der Waals surface area contributed by atoms with E-state index >= 15 is 0 Å². The maximum absolute atomic E-state index is 14.1. The summed E-state index contributed by atoms with van der Waals surface area (Å²) in [7, 11) is 0. The van der Waals surface area contributed by atoms with E-state index < -0.39 is 11.9 Å². The minimum absolute atomic E-state index is 0.0234. The third kappa shape index (κ3) is 2.93. The summed E-state index contributed by atoms with van der Waals surface area (Å²) in [6.07, 6.45) is 0.861. The van der Waals surface area contributed by atoms with E-state index in [9.17, 15) is 14.0 Å². The Morgan fingerprint density at radius 3 is 2.92 bits per heavy atom. The van der Waals surface area contributed by atoms with Crippen molar-refractivity contribution in [2.45, 2.75) is 24.9 Å². The average Bonchev–Trinajstić information content (AvgIpc) is 2.64. The fourth-order valence-corrected chi connectivity index (χ4v) is 4.30. The molecule has 2 bridgehead atoms. The number of halogens is 2. The molecule has 0 spiro atoms. The summed E-state index contributed by atoms with van der Waals surface area (Å²) < 4.78 is 15.7. The molecule has 0 aliphatic carbocycles. The van der Waals surface area contributed by atoms with Gasteiger partial charge in [-0.25, -0.2) is 4.39 Å². The van der Waals surface area contributed by atoms with Crippen molar-refractivity contribution in [2.24, 2.45) is 5.92 Å². The first-order chi connectivity index (χ1) is 12.6. The highest BCUT2D eigenvalue weighted by Crippen LogP contribution is 2.38. The number of rotatable bonds is 3. The van der Waals surface area contributed by atoms with Gasteiger partial charge in [-0.15, -0.1) is 0 Å². The predicted octanol–water partition coefficient (Wildman–Crippen LogP) is 2.21. The van der Waals surface area contributed by atoms with Crippen molar-refractivity contribution in [2.75, 3.05) is 13.1 Å². The summed E-state index contributed by atoms with van der Waals surface area (Å²) in [6, 6.07) is 9.22. The molecule has 0 unspecified atom stereocenters. The summed E-state index contributed by atoms with van der Waals surface area (Å²) in [5, 5.41) is 6.16. The maximum Gasteiger partial charge on any atom is 0.251 e. The second-order valence-corrected chi connectivity index (χ2v) is 7.29. The molecule has 1 saturated heterocycles. The summed E-state index contributed by atoms with van der Waals surface area (Å²) in [6.45, 7) is 1.52. The number of hydrogen-bond donors (Lipinski definition) is 2. The van der Waals surface area contributed by atoms with Crippen molar-refractivity contribution in [3.05, 3.63) is 68.8 Å². The lowest BCUT2D eigenvalue weighted by Crippen LogP contribution is -2.52. The highest BCUT2D eigenvalue weighted by molar-refractivity contribution is 6.30. The fourth-order valence-electron chi connectivity index (χ4n) is 4.10. The van der Waals surface area contributed by atoms with E-state index in [0.29, 0.717) is 12.1 Å². The SMILES string of the molecule is O=C(NCc1cccc(Cl)c1F)[C@H]1[C@@H]2CNC[C@@H](C2)c2cccc(=O)n21. The first-order valence-corrected chi connectivity index (χ1v) is 9.07. The zero-order valence-corrected chi connectivity index (χ0v) is 14.8. The second-order valence-electron chi connectivity index (χ2n) is 6.89. The van der Waals surface area contributed by atoms with Gasteiger partial charge in [0.1, 0.15) is 11.9 Å². The van der Waals surface area contributed by atoms with Gasteiger partial charge in [0.2, 0.25) is 5.91 Å². The van der Waals surface area contributed by atoms with Crippen LogP contribution >= 0.6 is 11.6 Å². The van der Waals surface area contributed by atoms with Crippen LogP contribution in [0.2, 0.25) is 5.02 Å². The smallest absolute Gasteiger partial charge is 0.251 e. The summed E-state index contributed by atoms with van der Waals surface area (Å²) >= 11 is 5.79. The molecule has 1 aromatic heterocycles. The number of piperidine rings is 1. The molecule has 0 saturated carbocycles. The molecule has 2 N–H and O–H groups in total. The highest BCUT2D eigenvalue weighted by atomic mass is 35.5. The van der Waals surface area contributed by atoms with Crippen LogP contribution in [0.3, 0.4) is 0 Å². The third-order valence-electron chi connectivity index (χ3n) is 5.30. The first kappa shape index (κ1) is 17.2. The van der Waals surface area contributed by atoms with Crippen LogP contribution in [-0.2, 0) is 11.3 Å². The standard InChI is InChI=1S/C19H19ClFN3O2/c20-14-4-1-3-11(17(14)21)10-23-19(26)18-13-7-12(8-22-9-13)15-5-2-6-16(25)24(15)18/h1-6,12-13,18,22H,7-10H2,(H,23,26)/t12-,13+,18-/m1/s1. The molecule has 26 heavy (non-hydrogen) atoms. The van der Waals surface area contributed by atoms with Crippen molar-refractivity contribution in [1.29, 1.82) is 0 Å². The number of pyridine rings is 1. The maximum atomic E-state index is 14.1. The Hall–Kier alpha value is -2.18. The minimum Gasteiger partial charge on any atom is -0.350 e. The Morgan fingerprint density at radius 2 is 2.08 bits per heavy atom. The van der Waals surface area contributed by atoms with Crippen LogP contribution < -0.4 is 16.2 Å². The number of aromatic nitrogens is 1. The normalized spacial score (nSPS) is 24.0. The average molecular weight is 376 g/mol. The van der Waals surface area contributed by atoms with E-state index in [2.05, 4.69) is 10.6 Å². The van der Waals surface area contributed by atoms with E-state index in [0.717, 1.165) is 18.7 Å². The quantitative estimate of drug-likeness (QED) is 0.864. The van der Waals surface area contributed by atoms with Gasteiger partial charge < -0.3 is 10.6 Å². The number of nitrogens with zero attached hydrogens (tertiary/aromatic N) is 1. The topological polar surface area (TPSA) is 63.1 Å². The van der Waals surface area contributed by atoms with Crippen LogP contribution in [0.5, 0.6) is 0 Å². The Morgan fingerprint density at radius 1 is 1.27 bits per heavy atom. The van der Waals surface area contributed by atoms with Gasteiger partial charge in [-0.3, -0.25) is 14.2 Å². The highest BCUT2D eigenvalue weighted by Gasteiger charge is 2.41. The number of hydrogen-bond acceptors (Lipinski definition) is 3. The minimum atomic E-state index is -0.593. The predicted molar refractivity (Wildman–Crippen MR) is 96.7 cm³/mol. The van der Waals surface area contributed by atoms with E-state index in [1.54, 1.807) is 22.8 Å². The fraction of sp³-hybridized carbons (Fsp3) is 0.368. The van der Waals surface area contributed by atoms with Gasteiger partial charge in [0.05, 0.1) is 5.02 Å². The third-order valence-corrected chi connectivity index (χ3v) is 5.59. The Bertz CT molecular complexity index is 914. The molecule has 3 atom stereocenters. The number of fused-ring (bicyclic) bond motifs is 4. The van der Waals surface area contributed by atoms with Crippen LogP contribution in [0.25, 0.3) is 0 Å². The van der Waals surface area contributed by atoms with Gasteiger partial charge in [0.25, 0.3) is 5.56 Å². The van der Waals surface area contributed by atoms with Gasteiger partial charge in [-0.2, -0.15) is 0 Å². The van der Waals surface area contributed by atoms with Gasteiger partial charge in [0, 0.05) is 48.8 Å². The van der Waals surface area contributed by atoms with Crippen LogP contribution in [0.1, 0.15) is 29.6 Å². The lowest BCUT2D eigenvalue weighted by atomic mass is 9.79. The summed E-state index contributed by atoms with van der Waals surface area (Å²) in [4.78, 5) is 25.4. The van der Waals surface area contributed by atoms with Crippen LogP contribution in [0, 0.1) is 11.7 Å². The molecule has 2 aliphatic heterocycles. The van der Waals surface area contributed by atoms with E-state index in [1.165, 1.54) is 12.1 Å². The molecule has 3 heterocycles. The Kier molecular flexibility index (Phi) is 4.54. The van der Waals surface area contributed by atoms with Crippen LogP contribution in [-0.4, -0.2) is 23.6 Å². The van der Waals surface area contributed by atoms with E-state index in [1.807, 2.05) is 6.07 Å².